The van der Waals surface area contributed by atoms with Gasteiger partial charge < -0.3 is 29.4 Å². The van der Waals surface area contributed by atoms with Crippen molar-refractivity contribution in [2.45, 2.75) is 77.6 Å². The predicted octanol–water partition coefficient (Wildman–Crippen LogP) is 6.15. The standard InChI is InChI=1S/C33H36ClF3N10O5/c1-32(2,3)52-31(49)45(17-20-7-8-26(23(34)12-20)51-33(35,36)37)10-9-27-42-28(44-43-27)15-29(48)41-24-13-21(46-18-38-39-19-46)14-25-22(24)16-40-47(25)30-6-4-5-11-50-30/h7-8,12-14,16,18-19,30H,4-6,9-11,15,17H2,1-3H3,(H,41,48)(H,42,43,44). The van der Waals surface area contributed by atoms with Crippen LogP contribution in [0.25, 0.3) is 16.6 Å². The second-order valence-corrected chi connectivity index (χ2v) is 13.5. The molecule has 1 aliphatic rings. The molecule has 0 spiro atoms. The number of amides is 2. The first-order chi connectivity index (χ1) is 24.7. The highest BCUT2D eigenvalue weighted by Gasteiger charge is 2.32. The monoisotopic (exact) mass is 744 g/mol. The second-order valence-electron chi connectivity index (χ2n) is 13.1. The van der Waals surface area contributed by atoms with Gasteiger partial charge in [-0.05, 0) is 69.9 Å². The molecule has 1 fully saturated rings. The first-order valence-corrected chi connectivity index (χ1v) is 16.8. The average Bonchev–Trinajstić information content (AvgIpc) is 3.85. The molecule has 0 aliphatic carbocycles. The molecule has 2 aromatic carbocycles. The van der Waals surface area contributed by atoms with E-state index in [4.69, 9.17) is 21.1 Å². The van der Waals surface area contributed by atoms with Gasteiger partial charge in [0.1, 0.15) is 35.7 Å². The Balaban J connectivity index is 1.14. The van der Waals surface area contributed by atoms with E-state index >= 15 is 0 Å². The van der Waals surface area contributed by atoms with Crippen LogP contribution in [0.15, 0.2) is 49.2 Å². The van der Waals surface area contributed by atoms with Crippen LogP contribution in [0.1, 0.15) is 63.5 Å². The molecule has 2 amide bonds. The average molecular weight is 745 g/mol. The number of aromatic amines is 1. The normalized spacial score (nSPS) is 15.1. The smallest absolute Gasteiger partial charge is 0.444 e. The maximum Gasteiger partial charge on any atom is 0.573 e. The molecule has 0 bridgehead atoms. The number of carbonyl (C=O) groups is 2. The van der Waals surface area contributed by atoms with Crippen molar-refractivity contribution in [3.8, 4) is 11.4 Å². The summed E-state index contributed by atoms with van der Waals surface area (Å²) in [7, 11) is 0. The molecule has 1 saturated heterocycles. The van der Waals surface area contributed by atoms with Crippen molar-refractivity contribution in [3.63, 3.8) is 0 Å². The highest BCUT2D eigenvalue weighted by Crippen LogP contribution is 2.33. The van der Waals surface area contributed by atoms with E-state index in [0.717, 1.165) is 41.9 Å². The summed E-state index contributed by atoms with van der Waals surface area (Å²) >= 11 is 6.04. The van der Waals surface area contributed by atoms with E-state index in [1.165, 1.54) is 17.0 Å². The highest BCUT2D eigenvalue weighted by molar-refractivity contribution is 6.32. The first-order valence-electron chi connectivity index (χ1n) is 16.4. The summed E-state index contributed by atoms with van der Waals surface area (Å²) in [6.07, 6.45) is 1.92. The molecule has 1 aliphatic heterocycles. The lowest BCUT2D eigenvalue weighted by Crippen LogP contribution is -2.37. The molecule has 1 atom stereocenters. The molecule has 6 rings (SSSR count). The van der Waals surface area contributed by atoms with Crippen LogP contribution in [0.2, 0.25) is 5.02 Å². The van der Waals surface area contributed by atoms with Crippen molar-refractivity contribution in [3.05, 3.63) is 71.4 Å². The molecule has 19 heteroatoms. The Hall–Kier alpha value is -5.23. The van der Waals surface area contributed by atoms with Crippen LogP contribution in [-0.4, -0.2) is 81.7 Å². The van der Waals surface area contributed by atoms with E-state index in [1.54, 1.807) is 50.3 Å². The molecule has 2 N–H and O–H groups in total. The van der Waals surface area contributed by atoms with Crippen molar-refractivity contribution < 1.29 is 37.0 Å². The van der Waals surface area contributed by atoms with Crippen LogP contribution in [0, 0.1) is 0 Å². The van der Waals surface area contributed by atoms with Crippen LogP contribution >= 0.6 is 11.6 Å². The Labute approximate surface area is 300 Å². The lowest BCUT2D eigenvalue weighted by atomic mass is 10.1. The zero-order chi connectivity index (χ0) is 37.0. The highest BCUT2D eigenvalue weighted by atomic mass is 35.5. The fourth-order valence-corrected chi connectivity index (χ4v) is 5.85. The van der Waals surface area contributed by atoms with Gasteiger partial charge in [-0.3, -0.25) is 9.36 Å². The van der Waals surface area contributed by atoms with E-state index in [2.05, 4.69) is 40.5 Å². The number of anilines is 1. The number of carbonyl (C=O) groups excluding carboxylic acids is 2. The largest absolute Gasteiger partial charge is 0.573 e. The number of rotatable bonds is 11. The van der Waals surface area contributed by atoms with Crippen molar-refractivity contribution >= 4 is 40.2 Å². The van der Waals surface area contributed by atoms with Crippen molar-refractivity contribution in [2.75, 3.05) is 18.5 Å². The van der Waals surface area contributed by atoms with E-state index in [-0.39, 0.29) is 43.1 Å². The molecule has 276 valence electrons. The Kier molecular flexibility index (Phi) is 10.7. The van der Waals surface area contributed by atoms with Crippen molar-refractivity contribution in [1.82, 2.24) is 44.6 Å². The number of alkyl halides is 3. The van der Waals surface area contributed by atoms with E-state index < -0.39 is 23.8 Å². The number of hydrogen-bond donors (Lipinski definition) is 2. The number of hydrogen-bond acceptors (Lipinski definition) is 10. The summed E-state index contributed by atoms with van der Waals surface area (Å²) in [5.74, 6) is -0.233. The Morgan fingerprint density at radius 2 is 1.87 bits per heavy atom. The van der Waals surface area contributed by atoms with Gasteiger partial charge in [0, 0.05) is 31.5 Å². The van der Waals surface area contributed by atoms with Crippen LogP contribution < -0.4 is 10.1 Å². The summed E-state index contributed by atoms with van der Waals surface area (Å²) in [4.78, 5) is 30.8. The zero-order valence-electron chi connectivity index (χ0n) is 28.5. The van der Waals surface area contributed by atoms with Gasteiger partial charge in [0.25, 0.3) is 0 Å². The van der Waals surface area contributed by atoms with Crippen LogP contribution in [0.4, 0.5) is 23.7 Å². The molecule has 4 heterocycles. The minimum atomic E-state index is -4.91. The van der Waals surface area contributed by atoms with Gasteiger partial charge in [0.15, 0.2) is 6.23 Å². The minimum absolute atomic E-state index is 0.0313. The van der Waals surface area contributed by atoms with Gasteiger partial charge >= 0.3 is 12.5 Å². The molecule has 3 aromatic heterocycles. The van der Waals surface area contributed by atoms with Gasteiger partial charge in [-0.25, -0.2) is 9.48 Å². The number of benzene rings is 2. The van der Waals surface area contributed by atoms with Gasteiger partial charge in [-0.15, -0.1) is 33.6 Å². The fraction of sp³-hybridized carbons (Fsp3) is 0.424. The number of fused-ring (bicyclic) bond motifs is 1. The molecule has 15 nitrogen and oxygen atoms in total. The van der Waals surface area contributed by atoms with Crippen LogP contribution in [-0.2, 0) is 33.7 Å². The summed E-state index contributed by atoms with van der Waals surface area (Å²) in [6.45, 7) is 5.85. The third-order valence-corrected chi connectivity index (χ3v) is 8.19. The summed E-state index contributed by atoms with van der Waals surface area (Å²) in [6, 6.07) is 7.49. The van der Waals surface area contributed by atoms with Gasteiger partial charge in [0.05, 0.1) is 34.5 Å². The van der Waals surface area contributed by atoms with Gasteiger partial charge in [-0.2, -0.15) is 5.10 Å². The second kappa shape index (κ2) is 15.2. The SMILES string of the molecule is CC(C)(C)OC(=O)N(CCc1nnc(CC(=O)Nc2cc(-n3cnnc3)cc3c2cnn3C2CCCCO2)[nH]1)Cc1ccc(OC(F)(F)F)c(Cl)c1. The Morgan fingerprint density at radius 1 is 1.10 bits per heavy atom. The van der Waals surface area contributed by atoms with Crippen molar-refractivity contribution in [1.29, 1.82) is 0 Å². The minimum Gasteiger partial charge on any atom is -0.444 e. The number of halogens is 4. The quantitative estimate of drug-likeness (QED) is 0.160. The van der Waals surface area contributed by atoms with E-state index in [9.17, 15) is 22.8 Å². The first kappa shape index (κ1) is 36.6. The van der Waals surface area contributed by atoms with Crippen LogP contribution in [0.5, 0.6) is 5.75 Å². The molecule has 52 heavy (non-hydrogen) atoms. The molecule has 5 aromatic rings. The van der Waals surface area contributed by atoms with E-state index in [0.29, 0.717) is 29.5 Å². The molecule has 0 saturated carbocycles. The third kappa shape index (κ3) is 9.35. The molecular formula is C33H36ClF3N10O5. The maximum atomic E-state index is 13.3. The van der Waals surface area contributed by atoms with Gasteiger partial charge in [-0.1, -0.05) is 17.7 Å². The topological polar surface area (TPSA) is 167 Å². The maximum absolute atomic E-state index is 13.3. The summed E-state index contributed by atoms with van der Waals surface area (Å²) in [5, 5.41) is 24.1. The summed E-state index contributed by atoms with van der Waals surface area (Å²) in [5.41, 5.74) is 1.65. The third-order valence-electron chi connectivity index (χ3n) is 7.89. The number of ether oxygens (including phenoxy) is 3. The van der Waals surface area contributed by atoms with Crippen LogP contribution in [0.3, 0.4) is 0 Å². The predicted molar refractivity (Wildman–Crippen MR) is 181 cm³/mol. The Bertz CT molecular complexity index is 2020. The molecule has 1 unspecified atom stereocenters. The Morgan fingerprint density at radius 3 is 2.56 bits per heavy atom. The zero-order valence-corrected chi connectivity index (χ0v) is 29.2. The number of aromatic nitrogens is 8. The number of nitrogens with zero attached hydrogens (tertiary/aromatic N) is 8. The molecular weight excluding hydrogens is 709 g/mol. The van der Waals surface area contributed by atoms with E-state index in [1.807, 2.05) is 10.7 Å². The lowest BCUT2D eigenvalue weighted by molar-refractivity contribution is -0.274. The molecule has 0 radical (unpaired) electrons. The number of H-pyrrole nitrogens is 1. The van der Waals surface area contributed by atoms with Crippen molar-refractivity contribution in [2.24, 2.45) is 0 Å². The summed E-state index contributed by atoms with van der Waals surface area (Å²) < 4.78 is 57.1. The van der Waals surface area contributed by atoms with Gasteiger partial charge in [0.2, 0.25) is 5.91 Å². The fourth-order valence-electron chi connectivity index (χ4n) is 5.61. The lowest BCUT2D eigenvalue weighted by Gasteiger charge is -2.27. The number of nitrogens with one attached hydrogen (secondary N) is 2.